The number of hydrogen-bond acceptors (Lipinski definition) is 6. The maximum absolute atomic E-state index is 12.6. The van der Waals surface area contributed by atoms with Gasteiger partial charge >= 0.3 is 7.82 Å². The fraction of sp³-hybridized carbons (Fsp3) is 0.467. The molecule has 2 aliphatic heterocycles. The number of fused-ring (bicyclic) bond motifs is 3. The van der Waals surface area contributed by atoms with E-state index < -0.39 is 7.82 Å². The Balaban J connectivity index is 1.97. The Labute approximate surface area is 134 Å². The van der Waals surface area contributed by atoms with E-state index in [1.807, 2.05) is 18.2 Å². The second kappa shape index (κ2) is 6.43. The Hall–Kier alpha value is -1.69. The Morgan fingerprint density at radius 2 is 1.96 bits per heavy atom. The molecule has 0 aliphatic carbocycles. The second-order valence-corrected chi connectivity index (χ2v) is 6.72. The van der Waals surface area contributed by atoms with E-state index in [0.717, 1.165) is 5.69 Å². The summed E-state index contributed by atoms with van der Waals surface area (Å²) < 4.78 is 28.5. The lowest BCUT2D eigenvalue weighted by molar-refractivity contribution is -0.117. The smallest absolute Gasteiger partial charge is 0.387 e. The van der Waals surface area contributed by atoms with Gasteiger partial charge in [-0.3, -0.25) is 18.7 Å². The molecule has 0 spiro atoms. The van der Waals surface area contributed by atoms with Crippen molar-refractivity contribution in [3.05, 3.63) is 24.3 Å². The summed E-state index contributed by atoms with van der Waals surface area (Å²) in [5.41, 5.74) is 1.35. The van der Waals surface area contributed by atoms with Crippen LogP contribution in [0.1, 0.15) is 26.7 Å². The minimum absolute atomic E-state index is 0.00102. The van der Waals surface area contributed by atoms with Crippen LogP contribution in [0.15, 0.2) is 29.3 Å². The van der Waals surface area contributed by atoms with Crippen molar-refractivity contribution in [2.45, 2.75) is 32.7 Å². The Kier molecular flexibility index (Phi) is 4.53. The highest BCUT2D eigenvalue weighted by molar-refractivity contribution is 7.49. The van der Waals surface area contributed by atoms with Gasteiger partial charge in [0.05, 0.1) is 24.6 Å². The molecule has 8 heteroatoms. The Morgan fingerprint density at radius 1 is 1.26 bits per heavy atom. The molecule has 1 atom stereocenters. The van der Waals surface area contributed by atoms with Crippen LogP contribution in [0.2, 0.25) is 0 Å². The number of nitrogens with zero attached hydrogens (tertiary/aromatic N) is 2. The van der Waals surface area contributed by atoms with Gasteiger partial charge in [-0.25, -0.2) is 9.56 Å². The van der Waals surface area contributed by atoms with Gasteiger partial charge in [0.25, 0.3) is 0 Å². The fourth-order valence-corrected chi connectivity index (χ4v) is 3.98. The number of carbonyl (C=O) groups excluding carboxylic acids is 1. The molecule has 23 heavy (non-hydrogen) atoms. The third-order valence-corrected chi connectivity index (χ3v) is 5.21. The molecule has 1 aromatic carbocycles. The molecule has 124 valence electrons. The zero-order valence-electron chi connectivity index (χ0n) is 13.1. The topological polar surface area (TPSA) is 77.4 Å². The predicted molar refractivity (Wildman–Crippen MR) is 86.0 cm³/mol. The zero-order chi connectivity index (χ0) is 16.4. The maximum atomic E-state index is 12.6. The molecule has 1 aromatic rings. The molecule has 0 N–H and O–H groups in total. The molecule has 1 saturated heterocycles. The molecular formula is C15H19N2O5P. The summed E-state index contributed by atoms with van der Waals surface area (Å²) in [6.45, 7) is 3.79. The molecule has 1 amide bonds. The SMILES string of the molecule is CCOP(=O)(OCC)OC1=Nc2ccccc2N2C(=O)CC[C@@H]12. The zero-order valence-corrected chi connectivity index (χ0v) is 14.0. The van der Waals surface area contributed by atoms with Gasteiger partial charge in [0, 0.05) is 6.42 Å². The fourth-order valence-electron chi connectivity index (χ4n) is 2.78. The molecule has 7 nitrogen and oxygen atoms in total. The molecule has 0 unspecified atom stereocenters. The van der Waals surface area contributed by atoms with Crippen LogP contribution in [0, 0.1) is 0 Å². The number of rotatable bonds is 5. The van der Waals surface area contributed by atoms with E-state index >= 15 is 0 Å². The molecule has 3 rings (SSSR count). The van der Waals surface area contributed by atoms with E-state index in [2.05, 4.69) is 4.99 Å². The summed E-state index contributed by atoms with van der Waals surface area (Å²) in [6.07, 6.45) is 0.958. The predicted octanol–water partition coefficient (Wildman–Crippen LogP) is 3.42. The normalized spacial score (nSPS) is 20.1. The highest BCUT2D eigenvalue weighted by Gasteiger charge is 2.43. The van der Waals surface area contributed by atoms with Crippen LogP contribution in [0.5, 0.6) is 0 Å². The molecule has 0 aromatic heterocycles. The van der Waals surface area contributed by atoms with Gasteiger partial charge in [-0.15, -0.1) is 0 Å². The Morgan fingerprint density at radius 3 is 2.65 bits per heavy atom. The monoisotopic (exact) mass is 338 g/mol. The summed E-state index contributed by atoms with van der Waals surface area (Å²) in [4.78, 5) is 18.3. The molecule has 0 saturated carbocycles. The second-order valence-electron chi connectivity index (χ2n) is 5.13. The largest absolute Gasteiger partial charge is 0.531 e. The van der Waals surface area contributed by atoms with E-state index in [-0.39, 0.29) is 31.1 Å². The van der Waals surface area contributed by atoms with Gasteiger partial charge in [-0.05, 0) is 32.4 Å². The average Bonchev–Trinajstić information content (AvgIpc) is 2.90. The molecular weight excluding hydrogens is 319 g/mol. The van der Waals surface area contributed by atoms with Crippen molar-refractivity contribution < 1.29 is 22.9 Å². The molecule has 1 fully saturated rings. The van der Waals surface area contributed by atoms with E-state index in [9.17, 15) is 9.36 Å². The molecule has 2 aliphatic rings. The minimum Gasteiger partial charge on any atom is -0.387 e. The van der Waals surface area contributed by atoms with Gasteiger partial charge in [0.15, 0.2) is 0 Å². The van der Waals surface area contributed by atoms with Crippen molar-refractivity contribution in [1.82, 2.24) is 0 Å². The summed E-state index contributed by atoms with van der Waals surface area (Å²) in [6, 6.07) is 6.94. The van der Waals surface area contributed by atoms with Crippen LogP contribution in [-0.4, -0.2) is 31.1 Å². The number of anilines is 1. The summed E-state index contributed by atoms with van der Waals surface area (Å²) in [5, 5.41) is 0. The maximum Gasteiger partial charge on any atom is 0.531 e. The van der Waals surface area contributed by atoms with Crippen LogP contribution in [0.3, 0.4) is 0 Å². The summed E-state index contributed by atoms with van der Waals surface area (Å²) in [7, 11) is -3.74. The molecule has 0 radical (unpaired) electrons. The van der Waals surface area contributed by atoms with E-state index in [1.165, 1.54) is 0 Å². The van der Waals surface area contributed by atoms with Gasteiger partial charge in [0.2, 0.25) is 11.8 Å². The first-order chi connectivity index (χ1) is 11.1. The number of phosphoric ester groups is 1. The third kappa shape index (κ3) is 3.04. The number of aliphatic imine (C=N–C) groups is 1. The standard InChI is InChI=1S/C15H19N2O5P/c1-3-20-23(19,21-4-2)22-15-13-9-10-14(18)17(13)12-8-6-5-7-11(12)16-15/h5-8,13H,3-4,9-10H2,1-2H3/t13-/m0/s1. The van der Waals surface area contributed by atoms with Crippen molar-refractivity contribution in [3.63, 3.8) is 0 Å². The van der Waals surface area contributed by atoms with E-state index in [1.54, 1.807) is 24.8 Å². The molecule has 2 heterocycles. The first-order valence-corrected chi connectivity index (χ1v) is 9.12. The number of carbonyl (C=O) groups is 1. The summed E-state index contributed by atoms with van der Waals surface area (Å²) >= 11 is 0. The van der Waals surface area contributed by atoms with Crippen LogP contribution in [0.25, 0.3) is 0 Å². The van der Waals surface area contributed by atoms with Gasteiger partial charge in [-0.1, -0.05) is 12.1 Å². The lowest BCUT2D eigenvalue weighted by Gasteiger charge is -2.31. The highest BCUT2D eigenvalue weighted by atomic mass is 31.2. The van der Waals surface area contributed by atoms with Crippen LogP contribution < -0.4 is 4.90 Å². The first-order valence-electron chi connectivity index (χ1n) is 7.66. The lowest BCUT2D eigenvalue weighted by atomic mass is 10.1. The minimum atomic E-state index is -3.74. The van der Waals surface area contributed by atoms with Crippen molar-refractivity contribution in [2.75, 3.05) is 18.1 Å². The van der Waals surface area contributed by atoms with Crippen molar-refractivity contribution in [3.8, 4) is 0 Å². The van der Waals surface area contributed by atoms with E-state index in [0.29, 0.717) is 18.5 Å². The Bertz CT molecular complexity index is 680. The number of phosphoric acid groups is 1. The number of hydrogen-bond donors (Lipinski definition) is 0. The quantitative estimate of drug-likeness (QED) is 0.769. The van der Waals surface area contributed by atoms with E-state index in [4.69, 9.17) is 13.6 Å². The highest BCUT2D eigenvalue weighted by Crippen LogP contribution is 2.52. The molecule has 0 bridgehead atoms. The van der Waals surface area contributed by atoms with Crippen molar-refractivity contribution in [2.24, 2.45) is 4.99 Å². The van der Waals surface area contributed by atoms with Crippen LogP contribution in [0.4, 0.5) is 11.4 Å². The summed E-state index contributed by atoms with van der Waals surface area (Å²) in [5.74, 6) is 0.209. The lowest BCUT2D eigenvalue weighted by Crippen LogP contribution is -2.41. The van der Waals surface area contributed by atoms with Crippen molar-refractivity contribution in [1.29, 1.82) is 0 Å². The number of para-hydroxylation sites is 2. The van der Waals surface area contributed by atoms with Crippen LogP contribution in [-0.2, 0) is 22.9 Å². The number of benzene rings is 1. The van der Waals surface area contributed by atoms with Crippen LogP contribution >= 0.6 is 7.82 Å². The number of amides is 1. The average molecular weight is 338 g/mol. The van der Waals surface area contributed by atoms with Gasteiger partial charge in [0.1, 0.15) is 6.04 Å². The van der Waals surface area contributed by atoms with Gasteiger partial charge < -0.3 is 4.52 Å². The van der Waals surface area contributed by atoms with Crippen molar-refractivity contribution >= 4 is 31.0 Å². The first kappa shape index (κ1) is 16.2. The third-order valence-electron chi connectivity index (χ3n) is 3.65. The van der Waals surface area contributed by atoms with Gasteiger partial charge in [-0.2, -0.15) is 0 Å².